The third kappa shape index (κ3) is 4.54. The molecule has 154 valence electrons. The molecule has 0 amide bonds. The lowest BCUT2D eigenvalue weighted by molar-refractivity contribution is 0.249. The van der Waals surface area contributed by atoms with Gasteiger partial charge < -0.3 is 18.6 Å². The van der Waals surface area contributed by atoms with Crippen LogP contribution in [0.15, 0.2) is 46.9 Å². The maximum Gasteiger partial charge on any atom is 0.230 e. The molecule has 1 atom stereocenters. The Balaban J connectivity index is 1.79. The number of rotatable bonds is 8. The quantitative estimate of drug-likeness (QED) is 0.541. The minimum Gasteiger partial charge on any atom is -0.497 e. The average Bonchev–Trinajstić information content (AvgIpc) is 3.12. The molecule has 2 aromatic carbocycles. The van der Waals surface area contributed by atoms with Gasteiger partial charge in [0.1, 0.15) is 23.0 Å². The molecule has 1 aromatic heterocycles. The molecule has 0 saturated heterocycles. The van der Waals surface area contributed by atoms with Gasteiger partial charge in [-0.2, -0.15) is 0 Å². The molecule has 0 bridgehead atoms. The number of hydrogen-bond acceptors (Lipinski definition) is 6. The highest BCUT2D eigenvalue weighted by atomic mass is 16.5. The van der Waals surface area contributed by atoms with E-state index in [0.717, 1.165) is 28.5 Å². The van der Waals surface area contributed by atoms with Crippen LogP contribution in [0.4, 0.5) is 0 Å². The van der Waals surface area contributed by atoms with E-state index in [2.05, 4.69) is 31.0 Å². The predicted molar refractivity (Wildman–Crippen MR) is 113 cm³/mol. The highest BCUT2D eigenvalue weighted by Crippen LogP contribution is 2.34. The zero-order valence-electron chi connectivity index (χ0n) is 17.9. The molecule has 0 N–H and O–H groups in total. The molecule has 3 rings (SSSR count). The molecule has 0 aliphatic carbocycles. The molecular weight excluding hydrogens is 368 g/mol. The van der Waals surface area contributed by atoms with E-state index >= 15 is 0 Å². The molecule has 29 heavy (non-hydrogen) atoms. The van der Waals surface area contributed by atoms with Gasteiger partial charge in [0.2, 0.25) is 5.89 Å². The Bertz CT molecular complexity index is 950. The fourth-order valence-electron chi connectivity index (χ4n) is 3.18. The molecule has 6 nitrogen and oxygen atoms in total. The maximum atomic E-state index is 5.96. The van der Waals surface area contributed by atoms with E-state index in [9.17, 15) is 0 Å². The first-order valence-corrected chi connectivity index (χ1v) is 9.49. The fraction of sp³-hybridized carbons (Fsp3) is 0.348. The summed E-state index contributed by atoms with van der Waals surface area (Å²) in [6.07, 6.45) is 0. The van der Waals surface area contributed by atoms with Gasteiger partial charge in [0.05, 0.1) is 32.6 Å². The minimum absolute atomic E-state index is 0.218. The highest BCUT2D eigenvalue weighted by Gasteiger charge is 2.19. The molecule has 0 fully saturated rings. The molecule has 0 aliphatic rings. The van der Waals surface area contributed by atoms with E-state index in [-0.39, 0.29) is 6.04 Å². The summed E-state index contributed by atoms with van der Waals surface area (Å²) in [4.78, 5) is 6.98. The Morgan fingerprint density at radius 1 is 0.966 bits per heavy atom. The monoisotopic (exact) mass is 396 g/mol. The lowest BCUT2D eigenvalue weighted by Crippen LogP contribution is -2.22. The van der Waals surface area contributed by atoms with Crippen molar-refractivity contribution in [3.8, 4) is 28.7 Å². The first-order valence-electron chi connectivity index (χ1n) is 9.49. The van der Waals surface area contributed by atoms with E-state index in [1.165, 1.54) is 5.56 Å². The SMILES string of the molecule is COc1ccc([C@H](C)N(C)Cc2nc(-c3ccc(OC)cc3OC)oc2C)cc1. The Kier molecular flexibility index (Phi) is 6.44. The molecule has 0 unspecified atom stereocenters. The largest absolute Gasteiger partial charge is 0.497 e. The van der Waals surface area contributed by atoms with Crippen LogP contribution in [0.2, 0.25) is 0 Å². The lowest BCUT2D eigenvalue weighted by atomic mass is 10.1. The number of methoxy groups -OCH3 is 3. The van der Waals surface area contributed by atoms with Gasteiger partial charge in [0.25, 0.3) is 0 Å². The van der Waals surface area contributed by atoms with E-state index < -0.39 is 0 Å². The van der Waals surface area contributed by atoms with Gasteiger partial charge in [0, 0.05) is 18.7 Å². The van der Waals surface area contributed by atoms with Crippen molar-refractivity contribution >= 4 is 0 Å². The molecule has 1 heterocycles. The van der Waals surface area contributed by atoms with Crippen molar-refractivity contribution in [3.63, 3.8) is 0 Å². The van der Waals surface area contributed by atoms with E-state index in [1.807, 2.05) is 37.3 Å². The highest BCUT2D eigenvalue weighted by molar-refractivity contribution is 5.65. The van der Waals surface area contributed by atoms with Crippen LogP contribution in [0, 0.1) is 6.92 Å². The van der Waals surface area contributed by atoms with Crippen molar-refractivity contribution in [3.05, 3.63) is 59.5 Å². The number of hydrogen-bond donors (Lipinski definition) is 0. The predicted octanol–water partition coefficient (Wildman–Crippen LogP) is 4.87. The van der Waals surface area contributed by atoms with Crippen molar-refractivity contribution < 1.29 is 18.6 Å². The van der Waals surface area contributed by atoms with Crippen molar-refractivity contribution in [1.29, 1.82) is 0 Å². The van der Waals surface area contributed by atoms with Crippen LogP contribution in [0.25, 0.3) is 11.5 Å². The molecule has 6 heteroatoms. The number of ether oxygens (including phenoxy) is 3. The van der Waals surface area contributed by atoms with Gasteiger partial charge in [-0.1, -0.05) is 12.1 Å². The second kappa shape index (κ2) is 9.01. The summed E-state index contributed by atoms with van der Waals surface area (Å²) in [5.74, 6) is 3.59. The Morgan fingerprint density at radius 2 is 1.62 bits per heavy atom. The Morgan fingerprint density at radius 3 is 2.24 bits per heavy atom. The summed E-state index contributed by atoms with van der Waals surface area (Å²) >= 11 is 0. The maximum absolute atomic E-state index is 5.96. The smallest absolute Gasteiger partial charge is 0.230 e. The van der Waals surface area contributed by atoms with Gasteiger partial charge in [-0.3, -0.25) is 4.90 Å². The van der Waals surface area contributed by atoms with Crippen LogP contribution >= 0.6 is 0 Å². The molecule has 0 saturated carbocycles. The van der Waals surface area contributed by atoms with E-state index in [0.29, 0.717) is 18.2 Å². The van der Waals surface area contributed by atoms with Gasteiger partial charge in [-0.25, -0.2) is 4.98 Å². The molecule has 3 aromatic rings. The Labute approximate surface area is 172 Å². The Hall–Kier alpha value is -2.99. The minimum atomic E-state index is 0.218. The van der Waals surface area contributed by atoms with Gasteiger partial charge in [-0.05, 0) is 50.7 Å². The molecule has 0 aliphatic heterocycles. The summed E-state index contributed by atoms with van der Waals surface area (Å²) in [6, 6.07) is 13.9. The third-order valence-corrected chi connectivity index (χ3v) is 5.19. The second-order valence-corrected chi connectivity index (χ2v) is 6.95. The van der Waals surface area contributed by atoms with Gasteiger partial charge in [-0.15, -0.1) is 0 Å². The van der Waals surface area contributed by atoms with Crippen LogP contribution in [0.1, 0.15) is 30.0 Å². The van der Waals surface area contributed by atoms with E-state index in [1.54, 1.807) is 21.3 Å². The zero-order chi connectivity index (χ0) is 21.0. The fourth-order valence-corrected chi connectivity index (χ4v) is 3.18. The number of aromatic nitrogens is 1. The first-order chi connectivity index (χ1) is 14.0. The zero-order valence-corrected chi connectivity index (χ0v) is 17.9. The van der Waals surface area contributed by atoms with E-state index in [4.69, 9.17) is 23.6 Å². The topological polar surface area (TPSA) is 57.0 Å². The van der Waals surface area contributed by atoms with Crippen molar-refractivity contribution in [2.45, 2.75) is 26.4 Å². The van der Waals surface area contributed by atoms with Crippen LogP contribution in [-0.4, -0.2) is 38.3 Å². The molecular formula is C23H28N2O4. The number of aryl methyl sites for hydroxylation is 1. The molecule has 0 spiro atoms. The van der Waals surface area contributed by atoms with Crippen LogP contribution < -0.4 is 14.2 Å². The van der Waals surface area contributed by atoms with Crippen LogP contribution in [0.5, 0.6) is 17.2 Å². The van der Waals surface area contributed by atoms with Gasteiger partial charge in [0.15, 0.2) is 0 Å². The molecule has 0 radical (unpaired) electrons. The van der Waals surface area contributed by atoms with Gasteiger partial charge >= 0.3 is 0 Å². The second-order valence-electron chi connectivity index (χ2n) is 6.95. The average molecular weight is 396 g/mol. The standard InChI is InChI=1S/C23H28N2O4/c1-15(17-7-9-18(26-4)10-8-17)25(3)14-21-16(2)29-23(24-21)20-12-11-19(27-5)13-22(20)28-6/h7-13,15H,14H2,1-6H3/t15-/m0/s1. The van der Waals surface area contributed by atoms with Crippen LogP contribution in [0.3, 0.4) is 0 Å². The lowest BCUT2D eigenvalue weighted by Gasteiger charge is -2.24. The number of nitrogens with zero attached hydrogens (tertiary/aromatic N) is 2. The van der Waals surface area contributed by atoms with Crippen molar-refractivity contribution in [1.82, 2.24) is 9.88 Å². The first kappa shape index (κ1) is 20.7. The van der Waals surface area contributed by atoms with Crippen molar-refractivity contribution in [2.75, 3.05) is 28.4 Å². The number of benzene rings is 2. The van der Waals surface area contributed by atoms with Crippen molar-refractivity contribution in [2.24, 2.45) is 0 Å². The summed E-state index contributed by atoms with van der Waals surface area (Å²) in [7, 11) is 7.00. The summed E-state index contributed by atoms with van der Waals surface area (Å²) in [5, 5.41) is 0. The third-order valence-electron chi connectivity index (χ3n) is 5.19. The summed E-state index contributed by atoms with van der Waals surface area (Å²) in [5.41, 5.74) is 2.92. The normalized spacial score (nSPS) is 12.1. The number of oxazole rings is 1. The van der Waals surface area contributed by atoms with Crippen LogP contribution in [-0.2, 0) is 6.54 Å². The summed E-state index contributed by atoms with van der Waals surface area (Å²) < 4.78 is 22.0. The summed E-state index contributed by atoms with van der Waals surface area (Å²) in [6.45, 7) is 4.78.